The number of carbonyl (C=O) groups is 1. The van der Waals surface area contributed by atoms with E-state index in [4.69, 9.17) is 4.74 Å². The molecule has 2 aromatic heterocycles. The summed E-state index contributed by atoms with van der Waals surface area (Å²) in [5.74, 6) is -0.0548. The number of nitrogens with one attached hydrogen (secondary N) is 1. The third-order valence-electron chi connectivity index (χ3n) is 6.79. The number of amides is 1. The van der Waals surface area contributed by atoms with E-state index < -0.39 is 18.3 Å². The molecule has 186 valence electrons. The molecule has 0 aliphatic heterocycles. The fourth-order valence-electron chi connectivity index (χ4n) is 5.03. The molecule has 2 atom stereocenters. The lowest BCUT2D eigenvalue weighted by molar-refractivity contribution is 0.0160. The average molecular weight is 512 g/mol. The summed E-state index contributed by atoms with van der Waals surface area (Å²) in [7, 11) is 0. The van der Waals surface area contributed by atoms with E-state index in [1.807, 2.05) is 66.2 Å². The van der Waals surface area contributed by atoms with Gasteiger partial charge in [0.15, 0.2) is 4.96 Å². The lowest BCUT2D eigenvalue weighted by atomic mass is 9.98. The van der Waals surface area contributed by atoms with Crippen LogP contribution < -0.4 is 5.32 Å². The average Bonchev–Trinajstić information content (AvgIpc) is 3.62. The second-order valence-corrected chi connectivity index (χ2v) is 9.86. The first-order chi connectivity index (χ1) is 18.1. The van der Waals surface area contributed by atoms with Crippen LogP contribution in [0.25, 0.3) is 27.3 Å². The van der Waals surface area contributed by atoms with Crippen molar-refractivity contribution in [3.63, 3.8) is 0 Å². The van der Waals surface area contributed by atoms with Crippen LogP contribution in [0.3, 0.4) is 0 Å². The fraction of sp³-hybridized carbons (Fsp3) is 0.172. The van der Waals surface area contributed by atoms with Crippen molar-refractivity contribution in [2.45, 2.75) is 18.1 Å². The number of fused-ring (bicyclic) bond motifs is 4. The van der Waals surface area contributed by atoms with Crippen LogP contribution in [0.15, 0.2) is 90.4 Å². The summed E-state index contributed by atoms with van der Waals surface area (Å²) in [4.78, 5) is 17.9. The van der Waals surface area contributed by atoms with Crippen LogP contribution in [0.5, 0.6) is 0 Å². The number of aliphatic hydroxyl groups is 2. The molecule has 2 unspecified atom stereocenters. The van der Waals surface area contributed by atoms with E-state index in [1.54, 1.807) is 4.40 Å². The van der Waals surface area contributed by atoms with Crippen molar-refractivity contribution in [3.05, 3.63) is 107 Å². The van der Waals surface area contributed by atoms with Gasteiger partial charge >= 0.3 is 6.09 Å². The van der Waals surface area contributed by atoms with Gasteiger partial charge < -0.3 is 20.3 Å². The van der Waals surface area contributed by atoms with Crippen LogP contribution in [0, 0.1) is 0 Å². The number of nitrogens with zero attached hydrogens (tertiary/aromatic N) is 2. The van der Waals surface area contributed by atoms with Gasteiger partial charge in [-0.2, -0.15) is 0 Å². The Kier molecular flexibility index (Phi) is 6.21. The number of rotatable bonds is 7. The highest BCUT2D eigenvalue weighted by Gasteiger charge is 2.30. The molecule has 2 heterocycles. The first-order valence-electron chi connectivity index (χ1n) is 12.1. The highest BCUT2D eigenvalue weighted by atomic mass is 32.1. The monoisotopic (exact) mass is 511 g/mol. The standard InChI is InChI=1S/C29H25N3O4S/c33-24(27(34)26-25(18-8-2-1-3-9-18)31-28-32(26)14-15-37-28)16-30-29(35)36-17-23-21-12-6-4-10-19(21)20-11-5-7-13-22(20)23/h1-15,23-24,27,33-34H,16-17H2,(H,30,35). The van der Waals surface area contributed by atoms with Gasteiger partial charge in [0.25, 0.3) is 0 Å². The Morgan fingerprint density at radius 1 is 0.973 bits per heavy atom. The fourth-order valence-corrected chi connectivity index (χ4v) is 5.75. The highest BCUT2D eigenvalue weighted by Crippen LogP contribution is 2.44. The van der Waals surface area contributed by atoms with Crippen molar-refractivity contribution in [1.29, 1.82) is 0 Å². The molecule has 3 N–H and O–H groups in total. The third-order valence-corrected chi connectivity index (χ3v) is 7.55. The van der Waals surface area contributed by atoms with Gasteiger partial charge in [0, 0.05) is 29.6 Å². The Labute approximate surface area is 217 Å². The molecule has 5 aromatic rings. The number of ether oxygens (including phenoxy) is 1. The maximum Gasteiger partial charge on any atom is 0.407 e. The van der Waals surface area contributed by atoms with Gasteiger partial charge in [-0.3, -0.25) is 4.40 Å². The Morgan fingerprint density at radius 2 is 1.62 bits per heavy atom. The van der Waals surface area contributed by atoms with Crippen LogP contribution >= 0.6 is 11.3 Å². The van der Waals surface area contributed by atoms with E-state index in [0.29, 0.717) is 16.3 Å². The molecule has 0 spiro atoms. The van der Waals surface area contributed by atoms with Crippen LogP contribution in [0.1, 0.15) is 28.8 Å². The summed E-state index contributed by atoms with van der Waals surface area (Å²) in [6.45, 7) is -0.00173. The molecule has 6 rings (SSSR count). The van der Waals surface area contributed by atoms with Crippen molar-refractivity contribution >= 4 is 22.4 Å². The number of imidazole rings is 1. The Morgan fingerprint density at radius 3 is 2.32 bits per heavy atom. The zero-order chi connectivity index (χ0) is 25.4. The van der Waals surface area contributed by atoms with E-state index in [0.717, 1.165) is 27.8 Å². The van der Waals surface area contributed by atoms with Crippen molar-refractivity contribution in [1.82, 2.24) is 14.7 Å². The van der Waals surface area contributed by atoms with Gasteiger partial charge in [-0.15, -0.1) is 11.3 Å². The summed E-state index contributed by atoms with van der Waals surface area (Å²) in [5.41, 5.74) is 6.47. The number of alkyl carbamates (subject to hydrolysis) is 1. The van der Waals surface area contributed by atoms with E-state index in [1.165, 1.54) is 11.3 Å². The first-order valence-corrected chi connectivity index (χ1v) is 13.0. The zero-order valence-corrected chi connectivity index (χ0v) is 20.6. The topological polar surface area (TPSA) is 96.1 Å². The summed E-state index contributed by atoms with van der Waals surface area (Å²) < 4.78 is 7.32. The predicted molar refractivity (Wildman–Crippen MR) is 143 cm³/mol. The minimum atomic E-state index is -1.27. The van der Waals surface area contributed by atoms with Crippen molar-refractivity contribution < 1.29 is 19.7 Å². The molecule has 8 heteroatoms. The van der Waals surface area contributed by atoms with E-state index >= 15 is 0 Å². The first kappa shape index (κ1) is 23.4. The molecule has 3 aromatic carbocycles. The quantitative estimate of drug-likeness (QED) is 0.286. The molecule has 0 saturated carbocycles. The van der Waals surface area contributed by atoms with Crippen molar-refractivity contribution in [3.8, 4) is 22.4 Å². The normalized spacial score (nSPS) is 14.2. The second-order valence-electron chi connectivity index (χ2n) is 8.99. The molecule has 37 heavy (non-hydrogen) atoms. The van der Waals surface area contributed by atoms with Crippen LogP contribution in [0.2, 0.25) is 0 Å². The number of hydrogen-bond acceptors (Lipinski definition) is 6. The second kappa shape index (κ2) is 9.82. The molecule has 0 bridgehead atoms. The molecular weight excluding hydrogens is 486 g/mol. The van der Waals surface area contributed by atoms with Gasteiger partial charge in [-0.05, 0) is 22.3 Å². The Bertz CT molecular complexity index is 1520. The maximum absolute atomic E-state index is 12.6. The minimum absolute atomic E-state index is 0.0548. The van der Waals surface area contributed by atoms with Gasteiger partial charge in [0.05, 0.1) is 11.4 Å². The van der Waals surface area contributed by atoms with Gasteiger partial charge in [0.1, 0.15) is 18.8 Å². The van der Waals surface area contributed by atoms with E-state index in [-0.39, 0.29) is 19.1 Å². The summed E-state index contributed by atoms with van der Waals surface area (Å²) in [5, 5.41) is 26.3. The molecule has 1 aliphatic carbocycles. The van der Waals surface area contributed by atoms with Crippen molar-refractivity contribution in [2.75, 3.05) is 13.2 Å². The number of hydrogen-bond donors (Lipinski definition) is 3. The number of aliphatic hydroxyl groups excluding tert-OH is 2. The van der Waals surface area contributed by atoms with Crippen LogP contribution in [-0.4, -0.2) is 44.9 Å². The smallest absolute Gasteiger partial charge is 0.407 e. The largest absolute Gasteiger partial charge is 0.449 e. The number of benzene rings is 3. The predicted octanol–water partition coefficient (Wildman–Crippen LogP) is 5.00. The van der Waals surface area contributed by atoms with E-state index in [2.05, 4.69) is 34.6 Å². The lowest BCUT2D eigenvalue weighted by Gasteiger charge is -2.20. The highest BCUT2D eigenvalue weighted by molar-refractivity contribution is 7.15. The SMILES string of the molecule is O=C(NCC(O)C(O)c1c(-c2ccccc2)nc2sccn12)OCC1c2ccccc2-c2ccccc21. The van der Waals surface area contributed by atoms with Gasteiger partial charge in [-0.25, -0.2) is 9.78 Å². The van der Waals surface area contributed by atoms with E-state index in [9.17, 15) is 15.0 Å². The van der Waals surface area contributed by atoms with Gasteiger partial charge in [-0.1, -0.05) is 78.9 Å². The Hall–Kier alpha value is -3.98. The molecule has 7 nitrogen and oxygen atoms in total. The number of aromatic nitrogens is 2. The number of carbonyl (C=O) groups excluding carboxylic acids is 1. The third kappa shape index (κ3) is 4.29. The molecule has 0 saturated heterocycles. The number of thiazole rings is 1. The molecule has 0 radical (unpaired) electrons. The molecule has 1 aliphatic rings. The lowest BCUT2D eigenvalue weighted by Crippen LogP contribution is -2.36. The molecule has 1 amide bonds. The van der Waals surface area contributed by atoms with Gasteiger partial charge in [0.2, 0.25) is 0 Å². The maximum atomic E-state index is 12.6. The summed E-state index contributed by atoms with van der Waals surface area (Å²) in [6, 6.07) is 25.8. The molecule has 0 fully saturated rings. The zero-order valence-electron chi connectivity index (χ0n) is 19.8. The molecular formula is C29H25N3O4S. The minimum Gasteiger partial charge on any atom is -0.449 e. The Balaban J connectivity index is 1.12. The van der Waals surface area contributed by atoms with Crippen LogP contribution in [-0.2, 0) is 4.74 Å². The van der Waals surface area contributed by atoms with Crippen molar-refractivity contribution in [2.24, 2.45) is 0 Å². The summed E-state index contributed by atoms with van der Waals surface area (Å²) >= 11 is 1.44. The van der Waals surface area contributed by atoms with Crippen LogP contribution in [0.4, 0.5) is 4.79 Å². The summed E-state index contributed by atoms with van der Waals surface area (Å²) in [6.07, 6.45) is -1.37.